The van der Waals surface area contributed by atoms with Gasteiger partial charge in [0.1, 0.15) is 17.2 Å². The van der Waals surface area contributed by atoms with Crippen molar-refractivity contribution in [2.45, 2.75) is 45.3 Å². The van der Waals surface area contributed by atoms with Crippen LogP contribution in [-0.4, -0.2) is 50.5 Å². The molecule has 9 nitrogen and oxygen atoms in total. The Labute approximate surface area is 253 Å². The van der Waals surface area contributed by atoms with Gasteiger partial charge in [0.15, 0.2) is 0 Å². The first-order valence-corrected chi connectivity index (χ1v) is 14.4. The van der Waals surface area contributed by atoms with Crippen LogP contribution in [0.15, 0.2) is 70.6 Å². The van der Waals surface area contributed by atoms with Gasteiger partial charge in [-0.25, -0.2) is 14.0 Å². The molecule has 1 fully saturated rings. The number of benzene rings is 2. The average Bonchev–Trinajstić information content (AvgIpc) is 3.29. The highest BCUT2D eigenvalue weighted by Gasteiger charge is 2.28. The SMILES string of the molecule is COc1c(-c2ccc(-n3ccn(C)c3=O)c(Cl)c2)cc(F)cc1-c1ccc(=O)n(C2CCN(C(=O)OC(C)(C)C)CC2)c1. The third-order valence-corrected chi connectivity index (χ3v) is 7.78. The topological polar surface area (TPSA) is 87.7 Å². The maximum atomic E-state index is 15.1. The standard InChI is InChI=1S/C32H34ClFN4O5/c1-32(2,3)43-31(41)36-12-10-23(11-13-36)38-19-21(7-9-28(38)39)25-18-22(34)17-24(29(25)42-5)20-6-8-27(26(33)16-20)37-15-14-35(4)30(37)40/h6-9,14-19,23H,10-13H2,1-5H3. The van der Waals surface area contributed by atoms with Gasteiger partial charge in [-0.1, -0.05) is 17.7 Å². The fraction of sp³-hybridized carbons (Fsp3) is 0.344. The predicted octanol–water partition coefficient (Wildman–Crippen LogP) is 6.04. The van der Waals surface area contributed by atoms with Gasteiger partial charge >= 0.3 is 11.8 Å². The normalized spacial score (nSPS) is 14.2. The van der Waals surface area contributed by atoms with Crippen LogP contribution in [0.4, 0.5) is 9.18 Å². The van der Waals surface area contributed by atoms with Crippen molar-refractivity contribution in [1.82, 2.24) is 18.6 Å². The number of piperidine rings is 1. The third-order valence-electron chi connectivity index (χ3n) is 7.48. The lowest BCUT2D eigenvalue weighted by atomic mass is 9.97. The van der Waals surface area contributed by atoms with E-state index in [0.717, 1.165) is 0 Å². The van der Waals surface area contributed by atoms with Crippen molar-refractivity contribution in [2.75, 3.05) is 20.2 Å². The van der Waals surface area contributed by atoms with Crippen LogP contribution in [0, 0.1) is 5.82 Å². The molecule has 0 unspecified atom stereocenters. The summed E-state index contributed by atoms with van der Waals surface area (Å²) in [6.07, 6.45) is 5.76. The van der Waals surface area contributed by atoms with E-state index in [-0.39, 0.29) is 23.4 Å². The lowest BCUT2D eigenvalue weighted by molar-refractivity contribution is 0.0187. The Bertz CT molecular complexity index is 1790. The highest BCUT2D eigenvalue weighted by Crippen LogP contribution is 2.41. The Balaban J connectivity index is 1.47. The smallest absolute Gasteiger partial charge is 0.410 e. The average molecular weight is 609 g/mol. The molecule has 0 atom stereocenters. The van der Waals surface area contributed by atoms with Crippen LogP contribution in [0.1, 0.15) is 39.7 Å². The quantitative estimate of drug-likeness (QED) is 0.275. The lowest BCUT2D eigenvalue weighted by Crippen LogP contribution is -2.43. The summed E-state index contributed by atoms with van der Waals surface area (Å²) in [7, 11) is 3.15. The Hall–Kier alpha value is -4.31. The van der Waals surface area contributed by atoms with E-state index < -0.39 is 11.4 Å². The van der Waals surface area contributed by atoms with Gasteiger partial charge in [-0.15, -0.1) is 0 Å². The van der Waals surface area contributed by atoms with Crippen LogP contribution in [0.2, 0.25) is 5.02 Å². The van der Waals surface area contributed by atoms with Crippen molar-refractivity contribution < 1.29 is 18.7 Å². The molecular weight excluding hydrogens is 575 g/mol. The molecule has 1 amide bonds. The number of pyridine rings is 1. The molecule has 0 spiro atoms. The second-order valence-electron chi connectivity index (χ2n) is 11.6. The largest absolute Gasteiger partial charge is 0.495 e. The Kier molecular flexibility index (Phi) is 8.25. The first-order valence-electron chi connectivity index (χ1n) is 14.0. The molecule has 5 rings (SSSR count). The summed E-state index contributed by atoms with van der Waals surface area (Å²) >= 11 is 6.60. The Morgan fingerprint density at radius 1 is 0.977 bits per heavy atom. The highest BCUT2D eigenvalue weighted by molar-refractivity contribution is 6.32. The number of aryl methyl sites for hydroxylation is 1. The summed E-state index contributed by atoms with van der Waals surface area (Å²) in [6, 6.07) is 10.8. The molecule has 1 saturated heterocycles. The number of hydrogen-bond donors (Lipinski definition) is 0. The second kappa shape index (κ2) is 11.8. The maximum Gasteiger partial charge on any atom is 0.410 e. The minimum Gasteiger partial charge on any atom is -0.495 e. The number of nitrogens with zero attached hydrogens (tertiary/aromatic N) is 4. The molecule has 226 valence electrons. The molecular formula is C32H34ClFN4O5. The van der Waals surface area contributed by atoms with Crippen molar-refractivity contribution in [3.05, 3.63) is 92.7 Å². The van der Waals surface area contributed by atoms with Crippen LogP contribution in [-0.2, 0) is 11.8 Å². The molecule has 2 aromatic carbocycles. The zero-order chi connectivity index (χ0) is 31.1. The van der Waals surface area contributed by atoms with Crippen LogP contribution in [0.5, 0.6) is 5.75 Å². The molecule has 43 heavy (non-hydrogen) atoms. The summed E-state index contributed by atoms with van der Waals surface area (Å²) in [5.41, 5.74) is 1.61. The van der Waals surface area contributed by atoms with Gasteiger partial charge in [0.25, 0.3) is 5.56 Å². The minimum absolute atomic E-state index is 0.141. The summed E-state index contributed by atoms with van der Waals surface area (Å²) in [5.74, 6) is -0.0827. The van der Waals surface area contributed by atoms with E-state index in [1.165, 1.54) is 34.4 Å². The van der Waals surface area contributed by atoms with Crippen molar-refractivity contribution in [3.8, 4) is 33.7 Å². The van der Waals surface area contributed by atoms with E-state index in [1.54, 1.807) is 59.4 Å². The number of methoxy groups -OCH3 is 1. The summed E-state index contributed by atoms with van der Waals surface area (Å²) in [5, 5.41) is 0.310. The maximum absolute atomic E-state index is 15.1. The van der Waals surface area contributed by atoms with Crippen molar-refractivity contribution in [1.29, 1.82) is 0 Å². The molecule has 4 aromatic rings. The summed E-state index contributed by atoms with van der Waals surface area (Å²) in [4.78, 5) is 39.5. The van der Waals surface area contributed by atoms with Gasteiger partial charge in [0.05, 0.1) is 17.8 Å². The number of hydrogen-bond acceptors (Lipinski definition) is 5. The van der Waals surface area contributed by atoms with E-state index in [2.05, 4.69) is 0 Å². The summed E-state index contributed by atoms with van der Waals surface area (Å²) in [6.45, 7) is 6.38. The van der Waals surface area contributed by atoms with Crippen LogP contribution in [0.3, 0.4) is 0 Å². The zero-order valence-corrected chi connectivity index (χ0v) is 25.5. The number of amides is 1. The minimum atomic E-state index is -0.587. The molecule has 3 heterocycles. The number of halogens is 2. The van der Waals surface area contributed by atoms with Gasteiger partial charge in [-0.3, -0.25) is 9.36 Å². The highest BCUT2D eigenvalue weighted by atomic mass is 35.5. The number of rotatable bonds is 5. The van der Waals surface area contributed by atoms with E-state index in [4.69, 9.17) is 21.1 Å². The third kappa shape index (κ3) is 6.24. The molecule has 0 radical (unpaired) electrons. The van der Waals surface area contributed by atoms with Gasteiger partial charge in [0.2, 0.25) is 0 Å². The van der Waals surface area contributed by atoms with Gasteiger partial charge in [0, 0.05) is 67.5 Å². The van der Waals surface area contributed by atoms with Crippen LogP contribution >= 0.6 is 11.6 Å². The number of ether oxygens (including phenoxy) is 2. The zero-order valence-electron chi connectivity index (χ0n) is 24.8. The second-order valence-corrected chi connectivity index (χ2v) is 12.0. The molecule has 0 bridgehead atoms. The van der Waals surface area contributed by atoms with Crippen LogP contribution < -0.4 is 16.0 Å². The van der Waals surface area contributed by atoms with E-state index in [9.17, 15) is 14.4 Å². The Morgan fingerprint density at radius 2 is 1.63 bits per heavy atom. The van der Waals surface area contributed by atoms with Crippen molar-refractivity contribution in [3.63, 3.8) is 0 Å². The molecule has 11 heteroatoms. The number of carbonyl (C=O) groups is 1. The predicted molar refractivity (Wildman–Crippen MR) is 164 cm³/mol. The molecule has 0 saturated carbocycles. The molecule has 0 N–H and O–H groups in total. The molecule has 1 aliphatic rings. The lowest BCUT2D eigenvalue weighted by Gasteiger charge is -2.34. The van der Waals surface area contributed by atoms with Gasteiger partial charge in [-0.05, 0) is 69.5 Å². The van der Waals surface area contributed by atoms with Crippen LogP contribution in [0.25, 0.3) is 27.9 Å². The van der Waals surface area contributed by atoms with E-state index in [1.807, 2.05) is 20.8 Å². The van der Waals surface area contributed by atoms with E-state index >= 15 is 4.39 Å². The molecule has 2 aromatic heterocycles. The van der Waals surface area contributed by atoms with Gasteiger partial charge in [-0.2, -0.15) is 0 Å². The summed E-state index contributed by atoms with van der Waals surface area (Å²) < 4.78 is 30.9. The first kappa shape index (κ1) is 30.2. The van der Waals surface area contributed by atoms with Gasteiger partial charge < -0.3 is 23.5 Å². The van der Waals surface area contributed by atoms with Crippen molar-refractivity contribution >= 4 is 17.7 Å². The number of carbonyl (C=O) groups excluding carboxylic acids is 1. The number of aromatic nitrogens is 3. The Morgan fingerprint density at radius 3 is 2.21 bits per heavy atom. The molecule has 0 aliphatic carbocycles. The monoisotopic (exact) mass is 608 g/mol. The molecule has 1 aliphatic heterocycles. The fourth-order valence-corrected chi connectivity index (χ4v) is 5.63. The van der Waals surface area contributed by atoms with Crippen molar-refractivity contribution in [2.24, 2.45) is 7.05 Å². The fourth-order valence-electron chi connectivity index (χ4n) is 5.36. The first-order chi connectivity index (χ1) is 20.4. The number of likely N-dealkylation sites (tertiary alicyclic amines) is 1. The number of imidazole rings is 1. The van der Waals surface area contributed by atoms with E-state index in [0.29, 0.717) is 64.6 Å².